The van der Waals surface area contributed by atoms with Gasteiger partial charge in [-0.2, -0.15) is 0 Å². The van der Waals surface area contributed by atoms with Gasteiger partial charge in [0.25, 0.3) is 0 Å². The van der Waals surface area contributed by atoms with Crippen molar-refractivity contribution in [1.29, 1.82) is 0 Å². The summed E-state index contributed by atoms with van der Waals surface area (Å²) in [5.74, 6) is 1.40. The molecule has 17 heavy (non-hydrogen) atoms. The molecule has 0 saturated carbocycles. The van der Waals surface area contributed by atoms with E-state index in [9.17, 15) is 5.11 Å². The van der Waals surface area contributed by atoms with Crippen LogP contribution in [0.4, 0.5) is 0 Å². The van der Waals surface area contributed by atoms with E-state index >= 15 is 0 Å². The van der Waals surface area contributed by atoms with Gasteiger partial charge in [0.2, 0.25) is 0 Å². The Bertz CT molecular complexity index is 318. The molecule has 0 aromatic carbocycles. The molecule has 2 unspecified atom stereocenters. The van der Waals surface area contributed by atoms with Crippen LogP contribution < -0.4 is 5.73 Å². The normalized spacial score (nSPS) is 15.2. The third kappa shape index (κ3) is 4.78. The van der Waals surface area contributed by atoms with Gasteiger partial charge in [-0.25, -0.2) is 0 Å². The number of thiophene rings is 1. The monoisotopic (exact) mass is 255 g/mol. The molecule has 0 saturated heterocycles. The van der Waals surface area contributed by atoms with Crippen LogP contribution in [0.15, 0.2) is 12.1 Å². The largest absolute Gasteiger partial charge is 0.396 e. The summed E-state index contributed by atoms with van der Waals surface area (Å²) in [4.78, 5) is 2.88. The van der Waals surface area contributed by atoms with Crippen LogP contribution in [-0.4, -0.2) is 18.3 Å². The van der Waals surface area contributed by atoms with Crippen molar-refractivity contribution in [2.24, 2.45) is 23.5 Å². The van der Waals surface area contributed by atoms with Gasteiger partial charge in [-0.1, -0.05) is 20.8 Å². The first-order chi connectivity index (χ1) is 8.06. The minimum Gasteiger partial charge on any atom is -0.396 e. The summed E-state index contributed by atoms with van der Waals surface area (Å²) in [5.41, 5.74) is 5.65. The fourth-order valence-electron chi connectivity index (χ4n) is 2.01. The molecule has 3 heteroatoms. The number of hydrogen-bond donors (Lipinski definition) is 2. The summed E-state index contributed by atoms with van der Waals surface area (Å²) >= 11 is 1.91. The maximum atomic E-state index is 9.22. The third-order valence-corrected chi connectivity index (χ3v) is 4.32. The molecule has 0 amide bonds. The summed E-state index contributed by atoms with van der Waals surface area (Å²) in [6.07, 6.45) is 2.20. The summed E-state index contributed by atoms with van der Waals surface area (Å²) < 4.78 is 0. The van der Waals surface area contributed by atoms with Crippen molar-refractivity contribution in [1.82, 2.24) is 0 Å². The van der Waals surface area contributed by atoms with Gasteiger partial charge < -0.3 is 10.8 Å². The predicted molar refractivity (Wildman–Crippen MR) is 75.4 cm³/mol. The second-order valence-electron chi connectivity index (χ2n) is 5.33. The van der Waals surface area contributed by atoms with Crippen LogP contribution in [-0.2, 0) is 12.8 Å². The van der Waals surface area contributed by atoms with Crippen molar-refractivity contribution in [2.45, 2.75) is 33.6 Å². The van der Waals surface area contributed by atoms with Gasteiger partial charge in [0.15, 0.2) is 0 Å². The smallest absolute Gasteiger partial charge is 0.0474 e. The molecule has 1 aromatic rings. The van der Waals surface area contributed by atoms with Gasteiger partial charge in [0.05, 0.1) is 0 Å². The molecule has 0 aliphatic heterocycles. The fraction of sp³-hybridized carbons (Fsp3) is 0.714. The Morgan fingerprint density at radius 2 is 1.76 bits per heavy atom. The second-order valence-corrected chi connectivity index (χ2v) is 6.58. The highest BCUT2D eigenvalue weighted by Crippen LogP contribution is 2.24. The third-order valence-electron chi connectivity index (χ3n) is 3.19. The summed E-state index contributed by atoms with van der Waals surface area (Å²) in [7, 11) is 0. The van der Waals surface area contributed by atoms with Gasteiger partial charge in [-0.15, -0.1) is 11.3 Å². The van der Waals surface area contributed by atoms with Crippen LogP contribution >= 0.6 is 11.3 Å². The topological polar surface area (TPSA) is 46.2 Å². The average Bonchev–Trinajstić information content (AvgIpc) is 2.66. The molecule has 1 heterocycles. The quantitative estimate of drug-likeness (QED) is 0.787. The highest BCUT2D eigenvalue weighted by atomic mass is 32.1. The molecular weight excluding hydrogens is 230 g/mol. The van der Waals surface area contributed by atoms with Crippen LogP contribution in [0.1, 0.15) is 30.5 Å². The summed E-state index contributed by atoms with van der Waals surface area (Å²) in [6, 6.07) is 4.47. The van der Waals surface area contributed by atoms with E-state index in [-0.39, 0.29) is 12.5 Å². The standard InChI is InChI=1S/C14H25NOS/c1-10(2)6-13-4-5-14(17-13)7-11(3)12(8-15)9-16/h4-5,10-12,16H,6-9,15H2,1-3H3. The van der Waals surface area contributed by atoms with E-state index in [0.29, 0.717) is 18.4 Å². The Morgan fingerprint density at radius 1 is 1.18 bits per heavy atom. The Hall–Kier alpha value is -0.380. The molecule has 0 bridgehead atoms. The van der Waals surface area contributed by atoms with E-state index in [2.05, 4.69) is 32.9 Å². The Morgan fingerprint density at radius 3 is 2.24 bits per heavy atom. The zero-order valence-corrected chi connectivity index (χ0v) is 12.0. The lowest BCUT2D eigenvalue weighted by Gasteiger charge is -2.19. The maximum absolute atomic E-state index is 9.22. The minimum atomic E-state index is 0.196. The lowest BCUT2D eigenvalue weighted by molar-refractivity contribution is 0.187. The van der Waals surface area contributed by atoms with E-state index in [4.69, 9.17) is 5.73 Å². The second kappa shape index (κ2) is 7.14. The zero-order valence-electron chi connectivity index (χ0n) is 11.1. The van der Waals surface area contributed by atoms with Crippen LogP contribution in [0.25, 0.3) is 0 Å². The van der Waals surface area contributed by atoms with Crippen LogP contribution in [0.2, 0.25) is 0 Å². The highest BCUT2D eigenvalue weighted by molar-refractivity contribution is 7.11. The lowest BCUT2D eigenvalue weighted by Crippen LogP contribution is -2.26. The SMILES string of the molecule is CC(C)Cc1ccc(CC(C)C(CN)CO)s1. The first kappa shape index (κ1) is 14.7. The number of aliphatic hydroxyl groups is 1. The molecular formula is C14H25NOS. The fourth-order valence-corrected chi connectivity index (χ4v) is 3.39. The van der Waals surface area contributed by atoms with Crippen LogP contribution in [0.5, 0.6) is 0 Å². The van der Waals surface area contributed by atoms with Gasteiger partial charge >= 0.3 is 0 Å². The number of aliphatic hydroxyl groups excluding tert-OH is 1. The molecule has 98 valence electrons. The molecule has 0 fully saturated rings. The minimum absolute atomic E-state index is 0.196. The average molecular weight is 255 g/mol. The van der Waals surface area contributed by atoms with E-state index in [1.54, 1.807) is 0 Å². The Labute approximate surface area is 109 Å². The van der Waals surface area contributed by atoms with Crippen molar-refractivity contribution < 1.29 is 5.11 Å². The van der Waals surface area contributed by atoms with Gasteiger partial charge in [0.1, 0.15) is 0 Å². The molecule has 3 N–H and O–H groups in total. The molecule has 0 aliphatic rings. The Kier molecular flexibility index (Phi) is 6.17. The molecule has 0 aliphatic carbocycles. The first-order valence-corrected chi connectivity index (χ1v) is 7.27. The van der Waals surface area contributed by atoms with Crippen molar-refractivity contribution in [3.8, 4) is 0 Å². The van der Waals surface area contributed by atoms with E-state index in [1.807, 2.05) is 11.3 Å². The number of hydrogen-bond acceptors (Lipinski definition) is 3. The van der Waals surface area contributed by atoms with Crippen LogP contribution in [0.3, 0.4) is 0 Å². The number of nitrogens with two attached hydrogens (primary N) is 1. The maximum Gasteiger partial charge on any atom is 0.0474 e. The molecule has 1 rings (SSSR count). The Balaban J connectivity index is 2.53. The van der Waals surface area contributed by atoms with Gasteiger partial charge in [-0.3, -0.25) is 0 Å². The van der Waals surface area contributed by atoms with Crippen molar-refractivity contribution in [3.63, 3.8) is 0 Å². The predicted octanol–water partition coefficient (Wildman–Crippen LogP) is 2.69. The van der Waals surface area contributed by atoms with Gasteiger partial charge in [-0.05, 0) is 49.3 Å². The molecule has 2 nitrogen and oxygen atoms in total. The lowest BCUT2D eigenvalue weighted by atomic mass is 9.91. The van der Waals surface area contributed by atoms with E-state index in [1.165, 1.54) is 16.2 Å². The summed E-state index contributed by atoms with van der Waals surface area (Å²) in [6.45, 7) is 7.44. The molecule has 0 spiro atoms. The molecule has 2 atom stereocenters. The highest BCUT2D eigenvalue weighted by Gasteiger charge is 2.16. The molecule has 0 radical (unpaired) electrons. The van der Waals surface area contributed by atoms with Crippen molar-refractivity contribution in [3.05, 3.63) is 21.9 Å². The van der Waals surface area contributed by atoms with E-state index < -0.39 is 0 Å². The van der Waals surface area contributed by atoms with E-state index in [0.717, 1.165) is 6.42 Å². The first-order valence-electron chi connectivity index (χ1n) is 6.45. The van der Waals surface area contributed by atoms with Crippen LogP contribution in [0, 0.1) is 17.8 Å². The number of rotatable bonds is 7. The summed E-state index contributed by atoms with van der Waals surface area (Å²) in [5, 5.41) is 9.22. The van der Waals surface area contributed by atoms with Gasteiger partial charge in [0, 0.05) is 16.4 Å². The van der Waals surface area contributed by atoms with Crippen molar-refractivity contribution in [2.75, 3.05) is 13.2 Å². The zero-order chi connectivity index (χ0) is 12.8. The van der Waals surface area contributed by atoms with Crippen molar-refractivity contribution >= 4 is 11.3 Å². The molecule has 1 aromatic heterocycles.